The second-order valence-electron chi connectivity index (χ2n) is 6.76. The Hall–Kier alpha value is -1.93. The third-order valence-corrected chi connectivity index (χ3v) is 6.84. The Balaban J connectivity index is 1.57. The molecule has 0 unspecified atom stereocenters. The van der Waals surface area contributed by atoms with Crippen LogP contribution in [0.25, 0.3) is 0 Å². The minimum absolute atomic E-state index is 0.0351. The molecule has 2 amide bonds. The molecule has 2 saturated heterocycles. The maximum Gasteiger partial charge on any atom is 0.251 e. The van der Waals surface area contributed by atoms with Crippen LogP contribution in [0.1, 0.15) is 42.5 Å². The molecule has 0 spiro atoms. The smallest absolute Gasteiger partial charge is 0.251 e. The normalized spacial score (nSPS) is 18.7. The lowest BCUT2D eigenvalue weighted by Crippen LogP contribution is -2.42. The third-order valence-electron chi connectivity index (χ3n) is 4.93. The van der Waals surface area contributed by atoms with E-state index in [0.717, 1.165) is 45.2 Å². The van der Waals surface area contributed by atoms with E-state index >= 15 is 0 Å². The molecule has 142 valence electrons. The maximum atomic E-state index is 12.5. The summed E-state index contributed by atoms with van der Waals surface area (Å²) in [5.41, 5.74) is 0.344. The van der Waals surface area contributed by atoms with Gasteiger partial charge in [-0.25, -0.2) is 8.42 Å². The molecule has 2 heterocycles. The topological polar surface area (TPSA) is 86.8 Å². The van der Waals surface area contributed by atoms with Gasteiger partial charge in [-0.1, -0.05) is 0 Å². The van der Waals surface area contributed by atoms with Gasteiger partial charge < -0.3 is 10.2 Å². The van der Waals surface area contributed by atoms with E-state index in [1.807, 2.05) is 0 Å². The molecular weight excluding hydrogens is 354 g/mol. The van der Waals surface area contributed by atoms with Crippen molar-refractivity contribution in [1.82, 2.24) is 14.5 Å². The van der Waals surface area contributed by atoms with Gasteiger partial charge in [-0.2, -0.15) is 4.31 Å². The van der Waals surface area contributed by atoms with Crippen LogP contribution >= 0.6 is 0 Å². The van der Waals surface area contributed by atoms with Gasteiger partial charge >= 0.3 is 0 Å². The predicted molar refractivity (Wildman–Crippen MR) is 97.2 cm³/mol. The van der Waals surface area contributed by atoms with Crippen LogP contribution in [-0.4, -0.2) is 62.2 Å². The fraction of sp³-hybridized carbons (Fsp3) is 0.556. The van der Waals surface area contributed by atoms with E-state index in [1.165, 1.54) is 28.6 Å². The Kier molecular flexibility index (Phi) is 5.93. The summed E-state index contributed by atoms with van der Waals surface area (Å²) in [6.07, 6.45) is 4.91. The molecule has 2 fully saturated rings. The molecule has 2 aliphatic heterocycles. The molecule has 1 aromatic carbocycles. The highest BCUT2D eigenvalue weighted by Crippen LogP contribution is 2.21. The van der Waals surface area contributed by atoms with E-state index in [1.54, 1.807) is 4.90 Å². The fourth-order valence-electron chi connectivity index (χ4n) is 3.37. The van der Waals surface area contributed by atoms with E-state index < -0.39 is 10.0 Å². The van der Waals surface area contributed by atoms with Gasteiger partial charge in [-0.05, 0) is 56.4 Å². The number of hydrogen-bond donors (Lipinski definition) is 1. The van der Waals surface area contributed by atoms with Crippen LogP contribution in [0.2, 0.25) is 0 Å². The van der Waals surface area contributed by atoms with Crippen molar-refractivity contribution in [3.05, 3.63) is 29.8 Å². The molecule has 0 atom stereocenters. The number of nitrogens with zero attached hydrogens (tertiary/aromatic N) is 2. The molecular formula is C18H25N3O4S. The molecule has 0 aliphatic carbocycles. The zero-order chi connectivity index (χ0) is 18.6. The van der Waals surface area contributed by atoms with E-state index in [2.05, 4.69) is 5.32 Å². The van der Waals surface area contributed by atoms with Gasteiger partial charge in [0.2, 0.25) is 15.9 Å². The lowest BCUT2D eigenvalue weighted by molar-refractivity contribution is -0.130. The number of likely N-dealkylation sites (tertiary alicyclic amines) is 1. The molecule has 1 N–H and O–H groups in total. The number of sulfonamides is 1. The molecule has 0 aromatic heterocycles. The first-order valence-electron chi connectivity index (χ1n) is 9.15. The van der Waals surface area contributed by atoms with Gasteiger partial charge in [0.1, 0.15) is 0 Å². The van der Waals surface area contributed by atoms with Crippen molar-refractivity contribution in [2.45, 2.75) is 37.0 Å². The van der Waals surface area contributed by atoms with Crippen molar-refractivity contribution in [3.8, 4) is 0 Å². The van der Waals surface area contributed by atoms with Crippen LogP contribution in [0.15, 0.2) is 29.2 Å². The Morgan fingerprint density at radius 3 is 2.08 bits per heavy atom. The molecule has 3 rings (SSSR count). The van der Waals surface area contributed by atoms with E-state index in [-0.39, 0.29) is 23.3 Å². The quantitative estimate of drug-likeness (QED) is 0.833. The van der Waals surface area contributed by atoms with Crippen molar-refractivity contribution < 1.29 is 18.0 Å². The first-order chi connectivity index (χ1) is 12.5. The molecule has 1 aromatic rings. The molecule has 7 nitrogen and oxygen atoms in total. The van der Waals surface area contributed by atoms with Gasteiger partial charge in [-0.15, -0.1) is 0 Å². The number of piperidine rings is 1. The van der Waals surface area contributed by atoms with Crippen LogP contribution in [0.4, 0.5) is 0 Å². The molecule has 0 saturated carbocycles. The average Bonchev–Trinajstić information content (AvgIpc) is 3.22. The van der Waals surface area contributed by atoms with Crippen LogP contribution in [0, 0.1) is 0 Å². The van der Waals surface area contributed by atoms with Crippen molar-refractivity contribution in [1.29, 1.82) is 0 Å². The summed E-state index contributed by atoms with van der Waals surface area (Å²) in [7, 11) is -3.48. The number of carbonyl (C=O) groups is 2. The summed E-state index contributed by atoms with van der Waals surface area (Å²) in [5, 5.41) is 2.62. The van der Waals surface area contributed by atoms with Crippen molar-refractivity contribution in [3.63, 3.8) is 0 Å². The SMILES string of the molecule is O=C(NCC(=O)N1CCCCC1)c1ccc(S(=O)(=O)N2CCCC2)cc1. The standard InChI is InChI=1S/C18H25N3O4S/c22-17(20-10-2-1-3-11-20)14-19-18(23)15-6-8-16(9-7-15)26(24,25)21-12-4-5-13-21/h6-9H,1-5,10-14H2,(H,19,23). The average molecular weight is 379 g/mol. The molecule has 8 heteroatoms. The summed E-state index contributed by atoms with van der Waals surface area (Å²) < 4.78 is 26.4. The number of carbonyl (C=O) groups excluding carboxylic acids is 2. The minimum Gasteiger partial charge on any atom is -0.343 e. The molecule has 2 aliphatic rings. The monoisotopic (exact) mass is 379 g/mol. The Bertz CT molecular complexity index is 749. The van der Waals surface area contributed by atoms with Gasteiger partial charge in [0.15, 0.2) is 0 Å². The maximum absolute atomic E-state index is 12.5. The Morgan fingerprint density at radius 1 is 0.885 bits per heavy atom. The largest absolute Gasteiger partial charge is 0.343 e. The van der Waals surface area contributed by atoms with E-state index in [4.69, 9.17) is 0 Å². The lowest BCUT2D eigenvalue weighted by atomic mass is 10.1. The number of nitrogens with one attached hydrogen (secondary N) is 1. The van der Waals surface area contributed by atoms with Crippen LogP contribution < -0.4 is 5.32 Å². The highest BCUT2D eigenvalue weighted by Gasteiger charge is 2.27. The van der Waals surface area contributed by atoms with E-state index in [0.29, 0.717) is 18.7 Å². The van der Waals surface area contributed by atoms with Gasteiger partial charge in [0.25, 0.3) is 5.91 Å². The summed E-state index contributed by atoms with van der Waals surface area (Å²) in [6, 6.07) is 5.89. The highest BCUT2D eigenvalue weighted by molar-refractivity contribution is 7.89. The van der Waals surface area contributed by atoms with Gasteiger partial charge in [-0.3, -0.25) is 9.59 Å². The number of rotatable bonds is 5. The Labute approximate surface area is 154 Å². The Morgan fingerprint density at radius 2 is 1.46 bits per heavy atom. The summed E-state index contributed by atoms with van der Waals surface area (Å²) in [6.45, 7) is 2.55. The number of benzene rings is 1. The summed E-state index contributed by atoms with van der Waals surface area (Å²) in [4.78, 5) is 26.3. The molecule has 0 radical (unpaired) electrons. The first-order valence-corrected chi connectivity index (χ1v) is 10.6. The predicted octanol–water partition coefficient (Wildman–Crippen LogP) is 1.21. The van der Waals surface area contributed by atoms with Crippen LogP contribution in [-0.2, 0) is 14.8 Å². The molecule has 26 heavy (non-hydrogen) atoms. The van der Waals surface area contributed by atoms with Gasteiger partial charge in [0, 0.05) is 31.7 Å². The van der Waals surface area contributed by atoms with Crippen LogP contribution in [0.5, 0.6) is 0 Å². The van der Waals surface area contributed by atoms with Crippen molar-refractivity contribution in [2.24, 2.45) is 0 Å². The van der Waals surface area contributed by atoms with Crippen molar-refractivity contribution >= 4 is 21.8 Å². The fourth-order valence-corrected chi connectivity index (χ4v) is 4.89. The zero-order valence-corrected chi connectivity index (χ0v) is 15.6. The number of amides is 2. The van der Waals surface area contributed by atoms with E-state index in [9.17, 15) is 18.0 Å². The van der Waals surface area contributed by atoms with Crippen LogP contribution in [0.3, 0.4) is 0 Å². The summed E-state index contributed by atoms with van der Waals surface area (Å²) >= 11 is 0. The first kappa shape index (κ1) is 18.8. The second kappa shape index (κ2) is 8.18. The van der Waals surface area contributed by atoms with Gasteiger partial charge in [0.05, 0.1) is 11.4 Å². The summed E-state index contributed by atoms with van der Waals surface area (Å²) in [5.74, 6) is -0.452. The third kappa shape index (κ3) is 4.24. The minimum atomic E-state index is -3.48. The number of hydrogen-bond acceptors (Lipinski definition) is 4. The van der Waals surface area contributed by atoms with Crippen molar-refractivity contribution in [2.75, 3.05) is 32.7 Å². The highest BCUT2D eigenvalue weighted by atomic mass is 32.2. The lowest BCUT2D eigenvalue weighted by Gasteiger charge is -2.26. The zero-order valence-electron chi connectivity index (χ0n) is 14.8. The second-order valence-corrected chi connectivity index (χ2v) is 8.70. The molecule has 0 bridgehead atoms.